The van der Waals surface area contributed by atoms with Crippen LogP contribution in [0.3, 0.4) is 0 Å². The van der Waals surface area contributed by atoms with E-state index in [-0.39, 0.29) is 11.6 Å². The summed E-state index contributed by atoms with van der Waals surface area (Å²) in [7, 11) is 0. The molecule has 3 aromatic rings. The number of nitrogens with one attached hydrogen (secondary N) is 2. The van der Waals surface area contributed by atoms with Gasteiger partial charge in [-0.1, -0.05) is 41.9 Å². The summed E-state index contributed by atoms with van der Waals surface area (Å²) in [6, 6.07) is 15.1. The topological polar surface area (TPSA) is 66.9 Å². The molecule has 2 aromatic carbocycles. The smallest absolute Gasteiger partial charge is 0.275 e. The summed E-state index contributed by atoms with van der Waals surface area (Å²) < 4.78 is 0. The van der Waals surface area contributed by atoms with Gasteiger partial charge in [0.2, 0.25) is 0 Å². The van der Waals surface area contributed by atoms with Gasteiger partial charge in [0, 0.05) is 17.3 Å². The molecule has 0 spiro atoms. The zero-order chi connectivity index (χ0) is 17.6. The number of aryl methyl sites for hydroxylation is 1. The van der Waals surface area contributed by atoms with Crippen molar-refractivity contribution >= 4 is 29.0 Å². The van der Waals surface area contributed by atoms with E-state index in [1.807, 2.05) is 55.5 Å². The molecule has 0 unspecified atom stereocenters. The molecule has 0 bridgehead atoms. The van der Waals surface area contributed by atoms with Crippen LogP contribution in [0, 0.1) is 6.92 Å². The van der Waals surface area contributed by atoms with Gasteiger partial charge in [-0.15, -0.1) is 0 Å². The standard InChI is InChI=1S/C19H17ClN4O/c1-13-4-2-3-5-16(13)24-19(25)17-11-23-18(12-21-17)22-10-14-6-8-15(20)9-7-14/h2-9,11-12H,10H2,1H3,(H,22,23)(H,24,25). The van der Waals surface area contributed by atoms with Gasteiger partial charge >= 0.3 is 0 Å². The van der Waals surface area contributed by atoms with E-state index in [0.717, 1.165) is 16.8 Å². The Labute approximate surface area is 151 Å². The largest absolute Gasteiger partial charge is 0.365 e. The third-order valence-corrected chi connectivity index (χ3v) is 3.92. The van der Waals surface area contributed by atoms with E-state index >= 15 is 0 Å². The number of amides is 1. The van der Waals surface area contributed by atoms with E-state index in [1.165, 1.54) is 6.20 Å². The van der Waals surface area contributed by atoms with Crippen LogP contribution >= 0.6 is 11.6 Å². The first-order valence-electron chi connectivity index (χ1n) is 7.79. The fourth-order valence-electron chi connectivity index (χ4n) is 2.23. The fraction of sp³-hybridized carbons (Fsp3) is 0.105. The highest BCUT2D eigenvalue weighted by molar-refractivity contribution is 6.30. The normalized spacial score (nSPS) is 10.3. The van der Waals surface area contributed by atoms with E-state index in [2.05, 4.69) is 20.6 Å². The van der Waals surface area contributed by atoms with Crippen molar-refractivity contribution < 1.29 is 4.79 Å². The van der Waals surface area contributed by atoms with Gasteiger partial charge in [0.05, 0.1) is 12.4 Å². The van der Waals surface area contributed by atoms with Gasteiger partial charge in [0.1, 0.15) is 11.5 Å². The monoisotopic (exact) mass is 352 g/mol. The van der Waals surface area contributed by atoms with Gasteiger partial charge in [-0.05, 0) is 36.2 Å². The van der Waals surface area contributed by atoms with E-state index in [9.17, 15) is 4.79 Å². The molecule has 0 saturated heterocycles. The second kappa shape index (κ2) is 7.77. The fourth-order valence-corrected chi connectivity index (χ4v) is 2.36. The molecular formula is C19H17ClN4O. The first-order valence-corrected chi connectivity index (χ1v) is 8.17. The number of anilines is 2. The van der Waals surface area contributed by atoms with Gasteiger partial charge < -0.3 is 10.6 Å². The number of aromatic nitrogens is 2. The molecule has 5 nitrogen and oxygen atoms in total. The summed E-state index contributed by atoms with van der Waals surface area (Å²) in [5, 5.41) is 6.69. The Hall–Kier alpha value is -2.92. The lowest BCUT2D eigenvalue weighted by Crippen LogP contribution is -2.15. The lowest BCUT2D eigenvalue weighted by atomic mass is 10.2. The minimum Gasteiger partial charge on any atom is -0.365 e. The van der Waals surface area contributed by atoms with Crippen LogP contribution in [0.25, 0.3) is 0 Å². The number of halogens is 1. The number of para-hydroxylation sites is 1. The number of benzene rings is 2. The lowest BCUT2D eigenvalue weighted by molar-refractivity contribution is 0.102. The Morgan fingerprint density at radius 1 is 1.04 bits per heavy atom. The van der Waals surface area contributed by atoms with Crippen LogP contribution in [-0.2, 0) is 6.54 Å². The molecule has 25 heavy (non-hydrogen) atoms. The third-order valence-electron chi connectivity index (χ3n) is 3.66. The lowest BCUT2D eigenvalue weighted by Gasteiger charge is -2.08. The van der Waals surface area contributed by atoms with Gasteiger partial charge in [-0.3, -0.25) is 4.79 Å². The molecule has 126 valence electrons. The molecule has 0 aliphatic rings. The number of nitrogens with zero attached hydrogens (tertiary/aromatic N) is 2. The average Bonchev–Trinajstić information content (AvgIpc) is 2.63. The molecule has 0 radical (unpaired) electrons. The van der Waals surface area contributed by atoms with Crippen molar-refractivity contribution in [2.75, 3.05) is 10.6 Å². The van der Waals surface area contributed by atoms with Crippen LogP contribution in [0.4, 0.5) is 11.5 Å². The Morgan fingerprint density at radius 3 is 2.48 bits per heavy atom. The van der Waals surface area contributed by atoms with Crippen molar-refractivity contribution in [1.82, 2.24) is 9.97 Å². The second-order valence-electron chi connectivity index (χ2n) is 5.54. The highest BCUT2D eigenvalue weighted by Gasteiger charge is 2.09. The van der Waals surface area contributed by atoms with Gasteiger partial charge in [0.15, 0.2) is 0 Å². The minimum absolute atomic E-state index is 0.264. The minimum atomic E-state index is -0.286. The summed E-state index contributed by atoms with van der Waals surface area (Å²) in [6.07, 6.45) is 3.00. The highest BCUT2D eigenvalue weighted by atomic mass is 35.5. The molecule has 3 rings (SSSR count). The first kappa shape index (κ1) is 16.9. The molecule has 1 aromatic heterocycles. The number of carbonyl (C=O) groups excluding carboxylic acids is 1. The van der Waals surface area contributed by atoms with Crippen LogP contribution in [0.1, 0.15) is 21.6 Å². The predicted octanol–water partition coefficient (Wildman–Crippen LogP) is 4.30. The van der Waals surface area contributed by atoms with Crippen LogP contribution in [0.2, 0.25) is 5.02 Å². The summed E-state index contributed by atoms with van der Waals surface area (Å²) in [4.78, 5) is 20.7. The van der Waals surface area contributed by atoms with Crippen molar-refractivity contribution in [3.8, 4) is 0 Å². The number of hydrogen-bond acceptors (Lipinski definition) is 4. The summed E-state index contributed by atoms with van der Waals surface area (Å²) in [5.74, 6) is 0.313. The Bertz CT molecular complexity index is 863. The zero-order valence-electron chi connectivity index (χ0n) is 13.7. The number of carbonyl (C=O) groups is 1. The van der Waals surface area contributed by atoms with Crippen LogP contribution in [0.15, 0.2) is 60.9 Å². The molecule has 1 amide bonds. The number of hydrogen-bond donors (Lipinski definition) is 2. The Kier molecular flexibility index (Phi) is 5.26. The molecule has 0 aliphatic carbocycles. The molecule has 2 N–H and O–H groups in total. The van der Waals surface area contributed by atoms with Crippen molar-refractivity contribution in [1.29, 1.82) is 0 Å². The molecular weight excluding hydrogens is 336 g/mol. The third kappa shape index (κ3) is 4.55. The zero-order valence-corrected chi connectivity index (χ0v) is 14.4. The Balaban J connectivity index is 1.60. The second-order valence-corrected chi connectivity index (χ2v) is 5.97. The predicted molar refractivity (Wildman–Crippen MR) is 99.9 cm³/mol. The quantitative estimate of drug-likeness (QED) is 0.718. The van der Waals surface area contributed by atoms with Crippen LogP contribution in [-0.4, -0.2) is 15.9 Å². The van der Waals surface area contributed by atoms with Crippen LogP contribution < -0.4 is 10.6 Å². The van der Waals surface area contributed by atoms with E-state index in [4.69, 9.17) is 11.6 Å². The molecule has 0 aliphatic heterocycles. The van der Waals surface area contributed by atoms with Crippen molar-refractivity contribution in [3.05, 3.63) is 82.8 Å². The number of rotatable bonds is 5. The van der Waals surface area contributed by atoms with Gasteiger partial charge in [0.25, 0.3) is 5.91 Å². The molecule has 1 heterocycles. The maximum absolute atomic E-state index is 12.2. The van der Waals surface area contributed by atoms with Crippen LogP contribution in [0.5, 0.6) is 0 Å². The van der Waals surface area contributed by atoms with Gasteiger partial charge in [-0.25, -0.2) is 9.97 Å². The summed E-state index contributed by atoms with van der Waals surface area (Å²) in [6.45, 7) is 2.53. The molecule has 0 fully saturated rings. The molecule has 0 saturated carbocycles. The van der Waals surface area contributed by atoms with Crippen molar-refractivity contribution in [3.63, 3.8) is 0 Å². The maximum Gasteiger partial charge on any atom is 0.275 e. The van der Waals surface area contributed by atoms with Crippen molar-refractivity contribution in [2.24, 2.45) is 0 Å². The summed E-state index contributed by atoms with van der Waals surface area (Å²) >= 11 is 5.86. The first-order chi connectivity index (χ1) is 12.1. The summed E-state index contributed by atoms with van der Waals surface area (Å²) in [5.41, 5.74) is 3.09. The SMILES string of the molecule is Cc1ccccc1NC(=O)c1cnc(NCc2ccc(Cl)cc2)cn1. The maximum atomic E-state index is 12.2. The van der Waals surface area contributed by atoms with E-state index in [1.54, 1.807) is 6.20 Å². The molecule has 6 heteroatoms. The van der Waals surface area contributed by atoms with E-state index < -0.39 is 0 Å². The highest BCUT2D eigenvalue weighted by Crippen LogP contribution is 2.14. The Morgan fingerprint density at radius 2 is 1.80 bits per heavy atom. The van der Waals surface area contributed by atoms with Crippen molar-refractivity contribution in [2.45, 2.75) is 13.5 Å². The molecule has 0 atom stereocenters. The van der Waals surface area contributed by atoms with E-state index in [0.29, 0.717) is 17.4 Å². The van der Waals surface area contributed by atoms with Gasteiger partial charge in [-0.2, -0.15) is 0 Å². The average molecular weight is 353 g/mol.